The zero-order valence-corrected chi connectivity index (χ0v) is 10.4. The molecule has 0 unspecified atom stereocenters. The van der Waals surface area contributed by atoms with Gasteiger partial charge in [0, 0.05) is 17.8 Å². The molecule has 0 aliphatic carbocycles. The summed E-state index contributed by atoms with van der Waals surface area (Å²) < 4.78 is 0. The fourth-order valence-electron chi connectivity index (χ4n) is 1.52. The van der Waals surface area contributed by atoms with E-state index in [9.17, 15) is 9.59 Å². The van der Waals surface area contributed by atoms with Crippen molar-refractivity contribution in [1.82, 2.24) is 4.98 Å². The maximum atomic E-state index is 11.9. The van der Waals surface area contributed by atoms with E-state index in [1.807, 2.05) is 13.0 Å². The number of benzene rings is 1. The van der Waals surface area contributed by atoms with Gasteiger partial charge in [-0.15, -0.1) is 0 Å². The quantitative estimate of drug-likeness (QED) is 0.874. The van der Waals surface area contributed by atoms with Crippen LogP contribution in [0.5, 0.6) is 0 Å². The average molecular weight is 263 g/mol. The number of carbonyl (C=O) groups excluding carboxylic acids is 1. The Hall–Kier alpha value is -2.07. The number of aromatic amines is 1. The molecule has 0 radical (unpaired) electrons. The first kappa shape index (κ1) is 12.4. The summed E-state index contributed by atoms with van der Waals surface area (Å²) in [6, 6.07) is 8.10. The molecule has 0 aliphatic rings. The van der Waals surface area contributed by atoms with Crippen molar-refractivity contribution in [1.29, 1.82) is 0 Å². The maximum Gasteiger partial charge on any atom is 0.255 e. The van der Waals surface area contributed by atoms with Crippen molar-refractivity contribution in [2.75, 3.05) is 5.32 Å². The molecule has 0 atom stereocenters. The Balaban J connectivity index is 2.26. The van der Waals surface area contributed by atoms with Crippen LogP contribution in [0.25, 0.3) is 0 Å². The first-order valence-electron chi connectivity index (χ1n) is 5.32. The van der Waals surface area contributed by atoms with E-state index in [4.69, 9.17) is 11.6 Å². The van der Waals surface area contributed by atoms with Crippen molar-refractivity contribution in [2.24, 2.45) is 0 Å². The molecule has 2 N–H and O–H groups in total. The molecule has 1 aromatic carbocycles. The Morgan fingerprint density at radius 2 is 2.06 bits per heavy atom. The van der Waals surface area contributed by atoms with Gasteiger partial charge in [-0.05, 0) is 30.7 Å². The predicted octanol–water partition coefficient (Wildman–Crippen LogP) is 2.59. The lowest BCUT2D eigenvalue weighted by Crippen LogP contribution is -2.15. The molecule has 2 aromatic rings. The Kier molecular flexibility index (Phi) is 3.48. The molecule has 1 amide bonds. The Bertz CT molecular complexity index is 649. The van der Waals surface area contributed by atoms with E-state index in [-0.39, 0.29) is 17.0 Å². The second kappa shape index (κ2) is 5.06. The van der Waals surface area contributed by atoms with Gasteiger partial charge < -0.3 is 10.3 Å². The number of nitrogens with one attached hydrogen (secondary N) is 2. The Labute approximate surface area is 109 Å². The molecule has 92 valence electrons. The monoisotopic (exact) mass is 262 g/mol. The first-order valence-corrected chi connectivity index (χ1v) is 5.70. The molecule has 2 rings (SSSR count). The van der Waals surface area contributed by atoms with E-state index in [0.29, 0.717) is 10.7 Å². The summed E-state index contributed by atoms with van der Waals surface area (Å²) in [5.74, 6) is -0.367. The molecule has 0 spiro atoms. The number of amides is 1. The average Bonchev–Trinajstić information content (AvgIpc) is 2.34. The third-order valence-corrected chi connectivity index (χ3v) is 2.74. The lowest BCUT2D eigenvalue weighted by atomic mass is 10.2. The van der Waals surface area contributed by atoms with Crippen LogP contribution < -0.4 is 10.9 Å². The smallest absolute Gasteiger partial charge is 0.255 e. The highest BCUT2D eigenvalue weighted by Gasteiger charge is 2.08. The summed E-state index contributed by atoms with van der Waals surface area (Å²) in [6.07, 6.45) is 1.43. The minimum atomic E-state index is -0.367. The lowest BCUT2D eigenvalue weighted by Gasteiger charge is -2.07. The van der Waals surface area contributed by atoms with Crippen LogP contribution in [0.4, 0.5) is 5.69 Å². The van der Waals surface area contributed by atoms with Gasteiger partial charge >= 0.3 is 0 Å². The molecule has 0 saturated heterocycles. The predicted molar refractivity (Wildman–Crippen MR) is 71.2 cm³/mol. The highest BCUT2D eigenvalue weighted by atomic mass is 35.5. The minimum Gasteiger partial charge on any atom is -0.329 e. The van der Waals surface area contributed by atoms with Crippen LogP contribution in [0, 0.1) is 6.92 Å². The van der Waals surface area contributed by atoms with Crippen molar-refractivity contribution in [2.45, 2.75) is 6.92 Å². The zero-order chi connectivity index (χ0) is 13.1. The van der Waals surface area contributed by atoms with Gasteiger partial charge in [0.2, 0.25) is 5.56 Å². The molecule has 0 fully saturated rings. The van der Waals surface area contributed by atoms with Crippen LogP contribution in [0.2, 0.25) is 5.02 Å². The molecule has 0 saturated carbocycles. The number of aryl methyl sites for hydroxylation is 1. The molecule has 1 heterocycles. The molecular weight excluding hydrogens is 252 g/mol. The number of anilines is 1. The fraction of sp³-hybridized carbons (Fsp3) is 0.0769. The number of rotatable bonds is 2. The van der Waals surface area contributed by atoms with Crippen LogP contribution in [0.1, 0.15) is 15.9 Å². The third kappa shape index (κ3) is 2.78. The third-order valence-electron chi connectivity index (χ3n) is 2.41. The van der Waals surface area contributed by atoms with E-state index in [2.05, 4.69) is 10.3 Å². The van der Waals surface area contributed by atoms with Gasteiger partial charge in [-0.1, -0.05) is 17.7 Å². The standard InChI is InChI=1S/C13H11ClN2O2/c1-8-2-3-10(14)11(6-8)16-13(18)9-4-5-15-12(17)7-9/h2-7H,1H3,(H,15,17)(H,16,18). The van der Waals surface area contributed by atoms with Crippen LogP contribution in [-0.2, 0) is 0 Å². The highest BCUT2D eigenvalue weighted by Crippen LogP contribution is 2.23. The summed E-state index contributed by atoms with van der Waals surface area (Å²) >= 11 is 5.98. The van der Waals surface area contributed by atoms with Crippen molar-refractivity contribution in [3.8, 4) is 0 Å². The SMILES string of the molecule is Cc1ccc(Cl)c(NC(=O)c2cc[nH]c(=O)c2)c1. The van der Waals surface area contributed by atoms with Gasteiger partial charge in [-0.2, -0.15) is 0 Å². The van der Waals surface area contributed by atoms with E-state index in [1.165, 1.54) is 18.3 Å². The van der Waals surface area contributed by atoms with E-state index in [0.717, 1.165) is 5.56 Å². The highest BCUT2D eigenvalue weighted by molar-refractivity contribution is 6.33. The molecule has 0 bridgehead atoms. The van der Waals surface area contributed by atoms with Crippen molar-refractivity contribution < 1.29 is 4.79 Å². The fourth-order valence-corrected chi connectivity index (χ4v) is 1.68. The van der Waals surface area contributed by atoms with E-state index >= 15 is 0 Å². The normalized spacial score (nSPS) is 10.1. The second-order valence-corrected chi connectivity index (χ2v) is 4.29. The van der Waals surface area contributed by atoms with E-state index in [1.54, 1.807) is 12.1 Å². The molecule has 4 nitrogen and oxygen atoms in total. The number of hydrogen-bond donors (Lipinski definition) is 2. The Morgan fingerprint density at radius 1 is 1.28 bits per heavy atom. The number of carbonyl (C=O) groups is 1. The number of aromatic nitrogens is 1. The van der Waals surface area contributed by atoms with Gasteiger partial charge in [0.15, 0.2) is 0 Å². The summed E-state index contributed by atoms with van der Waals surface area (Å²) in [5.41, 5.74) is 1.48. The van der Waals surface area contributed by atoms with Gasteiger partial charge in [-0.25, -0.2) is 0 Å². The number of halogens is 1. The maximum absolute atomic E-state index is 11.9. The van der Waals surface area contributed by atoms with Gasteiger partial charge in [-0.3, -0.25) is 9.59 Å². The van der Waals surface area contributed by atoms with Crippen molar-refractivity contribution in [3.63, 3.8) is 0 Å². The van der Waals surface area contributed by atoms with Crippen molar-refractivity contribution >= 4 is 23.2 Å². The number of hydrogen-bond acceptors (Lipinski definition) is 2. The van der Waals surface area contributed by atoms with Gasteiger partial charge in [0.05, 0.1) is 10.7 Å². The topological polar surface area (TPSA) is 62.0 Å². The van der Waals surface area contributed by atoms with Crippen molar-refractivity contribution in [3.05, 3.63) is 63.0 Å². The van der Waals surface area contributed by atoms with Gasteiger partial charge in [0.25, 0.3) is 5.91 Å². The second-order valence-electron chi connectivity index (χ2n) is 3.88. The summed E-state index contributed by atoms with van der Waals surface area (Å²) in [5, 5.41) is 3.13. The largest absolute Gasteiger partial charge is 0.329 e. The molecule has 0 aliphatic heterocycles. The summed E-state index contributed by atoms with van der Waals surface area (Å²) in [7, 11) is 0. The van der Waals surface area contributed by atoms with Crippen LogP contribution in [-0.4, -0.2) is 10.9 Å². The van der Waals surface area contributed by atoms with Crippen LogP contribution in [0.15, 0.2) is 41.3 Å². The van der Waals surface area contributed by atoms with E-state index < -0.39 is 0 Å². The molecule has 5 heteroatoms. The summed E-state index contributed by atoms with van der Waals surface area (Å²) in [6.45, 7) is 1.90. The summed E-state index contributed by atoms with van der Waals surface area (Å²) in [4.78, 5) is 25.5. The number of H-pyrrole nitrogens is 1. The van der Waals surface area contributed by atoms with Crippen LogP contribution in [0.3, 0.4) is 0 Å². The first-order chi connectivity index (χ1) is 8.56. The Morgan fingerprint density at radius 3 is 2.78 bits per heavy atom. The van der Waals surface area contributed by atoms with Gasteiger partial charge in [0.1, 0.15) is 0 Å². The van der Waals surface area contributed by atoms with Crippen LogP contribution >= 0.6 is 11.6 Å². The minimum absolute atomic E-state index is 0.288. The number of pyridine rings is 1. The molecule has 1 aromatic heterocycles. The molecule has 18 heavy (non-hydrogen) atoms. The zero-order valence-electron chi connectivity index (χ0n) is 9.66. The molecular formula is C13H11ClN2O2. The lowest BCUT2D eigenvalue weighted by molar-refractivity contribution is 0.102.